The van der Waals surface area contributed by atoms with E-state index in [0.29, 0.717) is 6.04 Å². The number of allylic oxidation sites excluding steroid dienone is 1. The molecule has 0 radical (unpaired) electrons. The van der Waals surface area contributed by atoms with Gasteiger partial charge in [-0.1, -0.05) is 50.7 Å². The first-order valence-corrected chi connectivity index (χ1v) is 6.58. The van der Waals surface area contributed by atoms with Gasteiger partial charge in [0.05, 0.1) is 11.2 Å². The van der Waals surface area contributed by atoms with E-state index in [-0.39, 0.29) is 0 Å². The molecular weight excluding hydrogens is 202 g/mol. The molecule has 84 valence electrons. The molecular formula is C13H21NS. The summed E-state index contributed by atoms with van der Waals surface area (Å²) in [5.74, 6) is 0. The first-order chi connectivity index (χ1) is 7.43. The van der Waals surface area contributed by atoms with E-state index in [2.05, 4.69) is 34.5 Å². The standard InChI is InChI=1S/C13H21NS/c15-12-14-13-10-8-6-4-2-1-3-5-7-9-11-13/h8,10,13H,1-7,9,11H2. The summed E-state index contributed by atoms with van der Waals surface area (Å²) in [7, 11) is 0. The normalized spacial score (nSPS) is 24.7. The average molecular weight is 223 g/mol. The van der Waals surface area contributed by atoms with Gasteiger partial charge in [0.15, 0.2) is 0 Å². The molecule has 1 unspecified atom stereocenters. The summed E-state index contributed by atoms with van der Waals surface area (Å²) in [6, 6.07) is 0.293. The average Bonchev–Trinajstić information content (AvgIpc) is 2.22. The third-order valence-electron chi connectivity index (χ3n) is 2.95. The molecule has 0 amide bonds. The van der Waals surface area contributed by atoms with Crippen LogP contribution in [0.25, 0.3) is 0 Å². The van der Waals surface area contributed by atoms with E-state index in [1.54, 1.807) is 0 Å². The van der Waals surface area contributed by atoms with Crippen molar-refractivity contribution in [1.82, 2.24) is 0 Å². The molecule has 1 aliphatic rings. The fourth-order valence-corrected chi connectivity index (χ4v) is 2.16. The summed E-state index contributed by atoms with van der Waals surface area (Å²) in [5, 5.41) is 2.51. The number of rotatable bonds is 1. The third-order valence-corrected chi connectivity index (χ3v) is 3.05. The minimum atomic E-state index is 0.293. The Labute approximate surface area is 98.7 Å². The van der Waals surface area contributed by atoms with Crippen LogP contribution in [-0.4, -0.2) is 11.2 Å². The quantitative estimate of drug-likeness (QED) is 0.361. The van der Waals surface area contributed by atoms with Crippen molar-refractivity contribution in [1.29, 1.82) is 0 Å². The minimum Gasteiger partial charge on any atom is -0.225 e. The topological polar surface area (TPSA) is 12.4 Å². The molecule has 0 saturated carbocycles. The van der Waals surface area contributed by atoms with Gasteiger partial charge in [-0.05, 0) is 31.5 Å². The maximum absolute atomic E-state index is 4.67. The van der Waals surface area contributed by atoms with E-state index in [1.807, 2.05) is 0 Å². The Balaban J connectivity index is 2.40. The van der Waals surface area contributed by atoms with Gasteiger partial charge in [-0.25, -0.2) is 4.99 Å². The molecule has 0 aromatic rings. The molecule has 15 heavy (non-hydrogen) atoms. The van der Waals surface area contributed by atoms with Crippen molar-refractivity contribution in [3.8, 4) is 0 Å². The Kier molecular flexibility index (Phi) is 7.41. The molecule has 0 aliphatic heterocycles. The van der Waals surface area contributed by atoms with Crippen LogP contribution in [-0.2, 0) is 0 Å². The molecule has 0 spiro atoms. The van der Waals surface area contributed by atoms with Gasteiger partial charge >= 0.3 is 0 Å². The summed E-state index contributed by atoms with van der Waals surface area (Å²) < 4.78 is 0. The zero-order valence-corrected chi connectivity index (χ0v) is 10.3. The summed E-state index contributed by atoms with van der Waals surface area (Å²) in [5.41, 5.74) is 0. The highest BCUT2D eigenvalue weighted by molar-refractivity contribution is 7.78. The number of hydrogen-bond donors (Lipinski definition) is 0. The lowest BCUT2D eigenvalue weighted by Gasteiger charge is -2.07. The zero-order valence-electron chi connectivity index (χ0n) is 9.45. The molecule has 1 aliphatic carbocycles. The van der Waals surface area contributed by atoms with Gasteiger partial charge in [-0.3, -0.25) is 0 Å². The van der Waals surface area contributed by atoms with Crippen molar-refractivity contribution in [2.45, 2.75) is 63.8 Å². The lowest BCUT2D eigenvalue weighted by molar-refractivity contribution is 0.551. The van der Waals surface area contributed by atoms with Crippen molar-refractivity contribution < 1.29 is 0 Å². The molecule has 0 saturated heterocycles. The largest absolute Gasteiger partial charge is 0.225 e. The van der Waals surface area contributed by atoms with E-state index in [0.717, 1.165) is 6.42 Å². The Bertz CT molecular complexity index is 229. The molecule has 1 rings (SSSR count). The van der Waals surface area contributed by atoms with Crippen LogP contribution in [0.3, 0.4) is 0 Å². The van der Waals surface area contributed by atoms with Gasteiger partial charge in [0, 0.05) is 0 Å². The van der Waals surface area contributed by atoms with Gasteiger partial charge in [-0.15, -0.1) is 0 Å². The van der Waals surface area contributed by atoms with Gasteiger partial charge in [0.25, 0.3) is 0 Å². The van der Waals surface area contributed by atoms with Crippen LogP contribution in [0.15, 0.2) is 17.1 Å². The maximum Gasteiger partial charge on any atom is 0.0783 e. The van der Waals surface area contributed by atoms with E-state index in [1.165, 1.54) is 51.4 Å². The van der Waals surface area contributed by atoms with Crippen molar-refractivity contribution in [2.24, 2.45) is 4.99 Å². The number of aliphatic imine (C=N–C) groups is 1. The Morgan fingerprint density at radius 2 is 1.67 bits per heavy atom. The van der Waals surface area contributed by atoms with E-state index in [4.69, 9.17) is 0 Å². The predicted molar refractivity (Wildman–Crippen MR) is 69.5 cm³/mol. The molecule has 0 N–H and O–H groups in total. The van der Waals surface area contributed by atoms with Crippen LogP contribution < -0.4 is 0 Å². The number of isothiocyanates is 1. The second-order valence-electron chi connectivity index (χ2n) is 4.27. The number of hydrogen-bond acceptors (Lipinski definition) is 2. The first kappa shape index (κ1) is 12.6. The van der Waals surface area contributed by atoms with Gasteiger partial charge in [0.2, 0.25) is 0 Å². The Morgan fingerprint density at radius 1 is 1.00 bits per heavy atom. The van der Waals surface area contributed by atoms with Crippen LogP contribution in [0.4, 0.5) is 0 Å². The molecule has 0 bridgehead atoms. The SMILES string of the molecule is S=C=NC1C=CCCCCCCCCC1. The van der Waals surface area contributed by atoms with Gasteiger partial charge < -0.3 is 0 Å². The monoisotopic (exact) mass is 223 g/mol. The summed E-state index contributed by atoms with van der Waals surface area (Å²) in [4.78, 5) is 4.19. The molecule has 1 nitrogen and oxygen atoms in total. The van der Waals surface area contributed by atoms with Crippen LogP contribution >= 0.6 is 12.2 Å². The first-order valence-electron chi connectivity index (χ1n) is 6.17. The predicted octanol–water partition coefficient (Wildman–Crippen LogP) is 4.54. The number of thiocarbonyl (C=S) groups is 1. The second-order valence-corrected chi connectivity index (χ2v) is 4.45. The van der Waals surface area contributed by atoms with Gasteiger partial charge in [-0.2, -0.15) is 0 Å². The molecule has 0 fully saturated rings. The molecule has 0 aromatic carbocycles. The van der Waals surface area contributed by atoms with Crippen LogP contribution in [0.1, 0.15) is 57.8 Å². The Hall–Kier alpha value is -0.460. The van der Waals surface area contributed by atoms with E-state index in [9.17, 15) is 0 Å². The maximum atomic E-state index is 4.67. The van der Waals surface area contributed by atoms with Crippen molar-refractivity contribution >= 4 is 17.4 Å². The summed E-state index contributed by atoms with van der Waals surface area (Å²) >= 11 is 4.67. The highest BCUT2D eigenvalue weighted by atomic mass is 32.1. The fraction of sp³-hybridized carbons (Fsp3) is 0.769. The highest BCUT2D eigenvalue weighted by Gasteiger charge is 2.02. The zero-order chi connectivity index (χ0) is 10.8. The van der Waals surface area contributed by atoms with Crippen molar-refractivity contribution in [3.63, 3.8) is 0 Å². The van der Waals surface area contributed by atoms with Crippen LogP contribution in [0, 0.1) is 0 Å². The Morgan fingerprint density at radius 3 is 2.40 bits per heavy atom. The number of nitrogens with zero attached hydrogens (tertiary/aromatic N) is 1. The fourth-order valence-electron chi connectivity index (χ4n) is 2.02. The van der Waals surface area contributed by atoms with Crippen molar-refractivity contribution in [2.75, 3.05) is 0 Å². The summed E-state index contributed by atoms with van der Waals surface area (Å²) in [6.45, 7) is 0. The lowest BCUT2D eigenvalue weighted by atomic mass is 10.0. The summed E-state index contributed by atoms with van der Waals surface area (Å²) in [6.07, 6.45) is 16.3. The smallest absolute Gasteiger partial charge is 0.0783 e. The molecule has 0 aromatic heterocycles. The lowest BCUT2D eigenvalue weighted by Crippen LogP contribution is -2.00. The van der Waals surface area contributed by atoms with Crippen molar-refractivity contribution in [3.05, 3.63) is 12.2 Å². The van der Waals surface area contributed by atoms with Gasteiger partial charge in [0.1, 0.15) is 0 Å². The molecule has 0 heterocycles. The third kappa shape index (κ3) is 6.59. The minimum absolute atomic E-state index is 0.293. The van der Waals surface area contributed by atoms with Crippen LogP contribution in [0.2, 0.25) is 0 Å². The van der Waals surface area contributed by atoms with E-state index < -0.39 is 0 Å². The van der Waals surface area contributed by atoms with E-state index >= 15 is 0 Å². The van der Waals surface area contributed by atoms with Crippen LogP contribution in [0.5, 0.6) is 0 Å². The molecule has 1 atom stereocenters. The second kappa shape index (κ2) is 8.82. The molecule has 2 heteroatoms. The highest BCUT2D eigenvalue weighted by Crippen LogP contribution is 2.14.